The van der Waals surface area contributed by atoms with Crippen LogP contribution in [-0.2, 0) is 13.6 Å². The number of nitrogens with zero attached hydrogens (tertiary/aromatic N) is 4. The Morgan fingerprint density at radius 2 is 1.72 bits per heavy atom. The number of carbonyl (C=O) groups excluding carboxylic acids is 2. The van der Waals surface area contributed by atoms with Crippen LogP contribution in [0.15, 0.2) is 36.7 Å². The third-order valence-electron chi connectivity index (χ3n) is 4.35. The van der Waals surface area contributed by atoms with Gasteiger partial charge in [0, 0.05) is 57.1 Å². The second-order valence-electron chi connectivity index (χ2n) is 6.33. The Labute approximate surface area is 147 Å². The molecular weight excluding hydrogens is 318 g/mol. The van der Waals surface area contributed by atoms with Gasteiger partial charge in [-0.3, -0.25) is 9.48 Å². The summed E-state index contributed by atoms with van der Waals surface area (Å²) in [7, 11) is 1.84. The fraction of sp³-hybridized carbons (Fsp3) is 0.389. The highest BCUT2D eigenvalue weighted by molar-refractivity contribution is 5.94. The van der Waals surface area contributed by atoms with E-state index in [1.54, 1.807) is 20.7 Å². The van der Waals surface area contributed by atoms with Crippen molar-refractivity contribution in [3.63, 3.8) is 0 Å². The van der Waals surface area contributed by atoms with Crippen LogP contribution >= 0.6 is 0 Å². The maximum absolute atomic E-state index is 12.5. The Morgan fingerprint density at radius 1 is 1.08 bits per heavy atom. The lowest BCUT2D eigenvalue weighted by atomic mass is 10.1. The molecule has 1 aromatic heterocycles. The second-order valence-corrected chi connectivity index (χ2v) is 6.33. The van der Waals surface area contributed by atoms with Gasteiger partial charge in [0.1, 0.15) is 0 Å². The normalized spacial score (nSPS) is 14.5. The van der Waals surface area contributed by atoms with Crippen LogP contribution < -0.4 is 5.32 Å². The fourth-order valence-corrected chi connectivity index (χ4v) is 2.84. The van der Waals surface area contributed by atoms with Gasteiger partial charge in [0.2, 0.25) is 0 Å². The molecule has 0 bridgehead atoms. The number of carbonyl (C=O) groups is 2. The Balaban J connectivity index is 1.48. The molecule has 1 aliphatic rings. The molecule has 7 nitrogen and oxygen atoms in total. The van der Waals surface area contributed by atoms with Gasteiger partial charge in [-0.15, -0.1) is 0 Å². The molecule has 0 unspecified atom stereocenters. The average Bonchev–Trinajstić information content (AvgIpc) is 3.05. The third kappa shape index (κ3) is 4.17. The van der Waals surface area contributed by atoms with E-state index in [4.69, 9.17) is 0 Å². The van der Waals surface area contributed by atoms with Crippen LogP contribution in [0.3, 0.4) is 0 Å². The molecule has 0 atom stereocenters. The highest BCUT2D eigenvalue weighted by atomic mass is 16.2. The number of benzene rings is 1. The number of hydrogen-bond acceptors (Lipinski definition) is 3. The predicted molar refractivity (Wildman–Crippen MR) is 94.1 cm³/mol. The first-order chi connectivity index (χ1) is 12.0. The van der Waals surface area contributed by atoms with E-state index >= 15 is 0 Å². The molecule has 1 fully saturated rings. The first-order valence-corrected chi connectivity index (χ1v) is 8.39. The minimum Gasteiger partial charge on any atom is -0.335 e. The monoisotopic (exact) mass is 341 g/mol. The summed E-state index contributed by atoms with van der Waals surface area (Å²) >= 11 is 0. The number of urea groups is 1. The average molecular weight is 341 g/mol. The molecule has 3 amide bonds. The molecule has 1 saturated heterocycles. The molecule has 2 heterocycles. The van der Waals surface area contributed by atoms with Crippen LogP contribution in [0.1, 0.15) is 21.5 Å². The van der Waals surface area contributed by atoms with Crippen LogP contribution in [0, 0.1) is 6.92 Å². The Kier molecular flexibility index (Phi) is 5.02. The van der Waals surface area contributed by atoms with E-state index in [1.807, 2.05) is 44.4 Å². The standard InChI is InChI=1S/C18H23N5O2/c1-14-3-5-16(6-4-14)17(24)22-7-9-23(10-8-22)18(25)19-11-15-12-20-21(2)13-15/h3-6,12-13H,7-11H2,1-2H3,(H,19,25). The van der Waals surface area contributed by atoms with Crippen molar-refractivity contribution >= 4 is 11.9 Å². The molecular formula is C18H23N5O2. The molecule has 1 N–H and O–H groups in total. The van der Waals surface area contributed by atoms with Crippen LogP contribution in [0.4, 0.5) is 4.79 Å². The smallest absolute Gasteiger partial charge is 0.317 e. The second kappa shape index (κ2) is 7.38. The van der Waals surface area contributed by atoms with Gasteiger partial charge in [-0.05, 0) is 19.1 Å². The van der Waals surface area contributed by atoms with Gasteiger partial charge in [0.25, 0.3) is 5.91 Å². The SMILES string of the molecule is Cc1ccc(C(=O)N2CCN(C(=O)NCc3cnn(C)c3)CC2)cc1. The molecule has 1 aromatic carbocycles. The van der Waals surface area contributed by atoms with Crippen LogP contribution in [0.2, 0.25) is 0 Å². The summed E-state index contributed by atoms with van der Waals surface area (Å²) in [4.78, 5) is 28.3. The molecule has 132 valence electrons. The number of rotatable bonds is 3. The van der Waals surface area contributed by atoms with Crippen molar-refractivity contribution in [2.75, 3.05) is 26.2 Å². The summed E-state index contributed by atoms with van der Waals surface area (Å²) in [6.45, 7) is 4.62. The van der Waals surface area contributed by atoms with Gasteiger partial charge in [-0.1, -0.05) is 17.7 Å². The summed E-state index contributed by atoms with van der Waals surface area (Å²) < 4.78 is 1.71. The first-order valence-electron chi connectivity index (χ1n) is 8.39. The fourth-order valence-electron chi connectivity index (χ4n) is 2.84. The van der Waals surface area contributed by atoms with E-state index in [2.05, 4.69) is 10.4 Å². The minimum absolute atomic E-state index is 0.0235. The summed E-state index contributed by atoms with van der Waals surface area (Å²) in [6, 6.07) is 7.48. The van der Waals surface area contributed by atoms with Crippen LogP contribution in [0.5, 0.6) is 0 Å². The largest absolute Gasteiger partial charge is 0.335 e. The molecule has 0 saturated carbocycles. The molecule has 0 radical (unpaired) electrons. The number of hydrogen-bond donors (Lipinski definition) is 1. The topological polar surface area (TPSA) is 70.5 Å². The number of aryl methyl sites for hydroxylation is 2. The van der Waals surface area contributed by atoms with Gasteiger partial charge >= 0.3 is 6.03 Å². The molecule has 7 heteroatoms. The Bertz CT molecular complexity index is 745. The summed E-state index contributed by atoms with van der Waals surface area (Å²) in [5.74, 6) is 0.0235. The van der Waals surface area contributed by atoms with E-state index in [0.29, 0.717) is 38.3 Å². The Hall–Kier alpha value is -2.83. The van der Waals surface area contributed by atoms with Gasteiger partial charge in [0.05, 0.1) is 6.20 Å². The predicted octanol–water partition coefficient (Wildman–Crippen LogP) is 1.40. The van der Waals surface area contributed by atoms with E-state index in [9.17, 15) is 9.59 Å². The van der Waals surface area contributed by atoms with Crippen molar-refractivity contribution < 1.29 is 9.59 Å². The number of amides is 3. The van der Waals surface area contributed by atoms with Crippen LogP contribution in [0.25, 0.3) is 0 Å². The van der Waals surface area contributed by atoms with Crippen molar-refractivity contribution in [2.24, 2.45) is 7.05 Å². The summed E-state index contributed by atoms with van der Waals surface area (Å²) in [5.41, 5.74) is 2.79. The molecule has 2 aromatic rings. The molecule has 0 spiro atoms. The summed E-state index contributed by atoms with van der Waals surface area (Å²) in [6.07, 6.45) is 3.61. The maximum atomic E-state index is 12.5. The minimum atomic E-state index is -0.105. The number of aromatic nitrogens is 2. The van der Waals surface area contributed by atoms with Gasteiger partial charge in [-0.2, -0.15) is 5.10 Å². The zero-order valence-corrected chi connectivity index (χ0v) is 14.6. The molecule has 3 rings (SSSR count). The van der Waals surface area contributed by atoms with Crippen molar-refractivity contribution in [3.8, 4) is 0 Å². The number of nitrogens with one attached hydrogen (secondary N) is 1. The first kappa shape index (κ1) is 17.0. The number of piperazine rings is 1. The summed E-state index contributed by atoms with van der Waals surface area (Å²) in [5, 5.41) is 6.97. The van der Waals surface area contributed by atoms with Crippen molar-refractivity contribution in [1.82, 2.24) is 24.9 Å². The van der Waals surface area contributed by atoms with Gasteiger partial charge in [0.15, 0.2) is 0 Å². The molecule has 0 aliphatic carbocycles. The van der Waals surface area contributed by atoms with Crippen molar-refractivity contribution in [2.45, 2.75) is 13.5 Å². The third-order valence-corrected chi connectivity index (χ3v) is 4.35. The van der Waals surface area contributed by atoms with Crippen molar-refractivity contribution in [1.29, 1.82) is 0 Å². The zero-order valence-electron chi connectivity index (χ0n) is 14.6. The Morgan fingerprint density at radius 3 is 2.32 bits per heavy atom. The lowest BCUT2D eigenvalue weighted by molar-refractivity contribution is 0.0665. The van der Waals surface area contributed by atoms with Crippen LogP contribution in [-0.4, -0.2) is 57.7 Å². The zero-order chi connectivity index (χ0) is 17.8. The van der Waals surface area contributed by atoms with E-state index in [1.165, 1.54) is 0 Å². The molecule has 1 aliphatic heterocycles. The van der Waals surface area contributed by atoms with Gasteiger partial charge < -0.3 is 15.1 Å². The van der Waals surface area contributed by atoms with Gasteiger partial charge in [-0.25, -0.2) is 4.79 Å². The highest BCUT2D eigenvalue weighted by Crippen LogP contribution is 2.10. The lowest BCUT2D eigenvalue weighted by Crippen LogP contribution is -2.53. The van der Waals surface area contributed by atoms with Crippen molar-refractivity contribution in [3.05, 3.63) is 53.3 Å². The van der Waals surface area contributed by atoms with E-state index in [0.717, 1.165) is 11.1 Å². The maximum Gasteiger partial charge on any atom is 0.317 e. The molecule has 25 heavy (non-hydrogen) atoms. The highest BCUT2D eigenvalue weighted by Gasteiger charge is 2.24. The van der Waals surface area contributed by atoms with E-state index < -0.39 is 0 Å². The quantitative estimate of drug-likeness (QED) is 0.917. The van der Waals surface area contributed by atoms with E-state index in [-0.39, 0.29) is 11.9 Å². The lowest BCUT2D eigenvalue weighted by Gasteiger charge is -2.34.